The van der Waals surface area contributed by atoms with Crippen LogP contribution >= 0.6 is 0 Å². The van der Waals surface area contributed by atoms with Crippen LogP contribution in [0.25, 0.3) is 0 Å². The summed E-state index contributed by atoms with van der Waals surface area (Å²) in [5.41, 5.74) is 9.65. The highest BCUT2D eigenvalue weighted by atomic mass is 16.3. The maximum Gasteiger partial charge on any atom is 0.0967 e. The summed E-state index contributed by atoms with van der Waals surface area (Å²) in [6.45, 7) is 1.43. The smallest absolute Gasteiger partial charge is 0.0967 e. The predicted molar refractivity (Wildman–Crippen MR) is 82.4 cm³/mol. The van der Waals surface area contributed by atoms with Crippen molar-refractivity contribution in [2.24, 2.45) is 0 Å². The summed E-state index contributed by atoms with van der Waals surface area (Å²) in [4.78, 5) is 2.12. The molecule has 0 fully saturated rings. The number of hydrogen-bond donors (Lipinski definition) is 3. The van der Waals surface area contributed by atoms with Gasteiger partial charge in [0.1, 0.15) is 0 Å². The third-order valence-electron chi connectivity index (χ3n) is 4.16. The van der Waals surface area contributed by atoms with Crippen molar-refractivity contribution in [1.29, 1.82) is 0 Å². The van der Waals surface area contributed by atoms with Gasteiger partial charge in [0.2, 0.25) is 0 Å². The largest absolute Gasteiger partial charge is 0.399 e. The van der Waals surface area contributed by atoms with E-state index in [1.54, 1.807) is 12.1 Å². The van der Waals surface area contributed by atoms with Gasteiger partial charge in [0.25, 0.3) is 0 Å². The summed E-state index contributed by atoms with van der Waals surface area (Å²) in [6.07, 6.45) is -0.732. The van der Waals surface area contributed by atoms with Crippen molar-refractivity contribution >= 4 is 5.69 Å². The Morgan fingerprint density at radius 3 is 2.10 bits per heavy atom. The Labute approximate surface area is 124 Å². The highest BCUT2D eigenvalue weighted by molar-refractivity contribution is 5.40. The Morgan fingerprint density at radius 1 is 1.00 bits per heavy atom. The van der Waals surface area contributed by atoms with Gasteiger partial charge in [-0.2, -0.15) is 0 Å². The van der Waals surface area contributed by atoms with Crippen molar-refractivity contribution in [1.82, 2.24) is 4.90 Å². The van der Waals surface area contributed by atoms with E-state index in [1.807, 2.05) is 24.3 Å². The SMILES string of the molecule is Nc1ccc(C(O)C(CO)N2Cc3ccccc3C2)cc1. The monoisotopic (exact) mass is 284 g/mol. The fourth-order valence-electron chi connectivity index (χ4n) is 2.92. The molecule has 4 N–H and O–H groups in total. The molecule has 0 bridgehead atoms. The van der Waals surface area contributed by atoms with Crippen molar-refractivity contribution in [2.45, 2.75) is 25.2 Å². The lowest BCUT2D eigenvalue weighted by Crippen LogP contribution is -2.39. The van der Waals surface area contributed by atoms with Gasteiger partial charge >= 0.3 is 0 Å². The normalized spacial score (nSPS) is 17.4. The minimum Gasteiger partial charge on any atom is -0.399 e. The number of fused-ring (bicyclic) bond motifs is 1. The van der Waals surface area contributed by atoms with Gasteiger partial charge in [-0.25, -0.2) is 0 Å². The molecule has 0 radical (unpaired) electrons. The molecule has 4 nitrogen and oxygen atoms in total. The second kappa shape index (κ2) is 5.85. The van der Waals surface area contributed by atoms with Gasteiger partial charge < -0.3 is 15.9 Å². The zero-order valence-electron chi connectivity index (χ0n) is 11.8. The molecular formula is C17H20N2O2. The molecule has 0 saturated heterocycles. The van der Waals surface area contributed by atoms with Crippen LogP contribution in [0.3, 0.4) is 0 Å². The third kappa shape index (κ3) is 2.78. The molecule has 110 valence electrons. The van der Waals surface area contributed by atoms with Crippen LogP contribution < -0.4 is 5.73 Å². The van der Waals surface area contributed by atoms with Gasteiger partial charge in [0.05, 0.1) is 18.8 Å². The molecule has 2 aromatic rings. The van der Waals surface area contributed by atoms with Gasteiger partial charge in [-0.1, -0.05) is 36.4 Å². The fraction of sp³-hybridized carbons (Fsp3) is 0.294. The average molecular weight is 284 g/mol. The highest BCUT2D eigenvalue weighted by Crippen LogP contribution is 2.29. The zero-order chi connectivity index (χ0) is 14.8. The van der Waals surface area contributed by atoms with Gasteiger partial charge in [-0.15, -0.1) is 0 Å². The maximum absolute atomic E-state index is 10.6. The Balaban J connectivity index is 1.78. The lowest BCUT2D eigenvalue weighted by Gasteiger charge is -2.30. The molecule has 1 aliphatic heterocycles. The molecule has 1 heterocycles. The molecule has 1 aliphatic rings. The standard InChI is InChI=1S/C17H20N2O2/c18-15-7-5-12(6-8-15)17(21)16(11-20)19-9-13-3-1-2-4-14(13)10-19/h1-8,16-17,20-21H,9-11,18H2. The summed E-state index contributed by atoms with van der Waals surface area (Å²) in [5, 5.41) is 20.3. The van der Waals surface area contributed by atoms with Gasteiger partial charge in [0.15, 0.2) is 0 Å². The molecule has 21 heavy (non-hydrogen) atoms. The third-order valence-corrected chi connectivity index (χ3v) is 4.16. The number of aliphatic hydroxyl groups excluding tert-OH is 2. The fourth-order valence-corrected chi connectivity index (χ4v) is 2.92. The maximum atomic E-state index is 10.6. The first-order chi connectivity index (χ1) is 10.2. The van der Waals surface area contributed by atoms with Crippen molar-refractivity contribution < 1.29 is 10.2 Å². The molecule has 2 atom stereocenters. The van der Waals surface area contributed by atoms with E-state index in [-0.39, 0.29) is 12.6 Å². The number of benzene rings is 2. The van der Waals surface area contributed by atoms with Gasteiger partial charge in [-0.3, -0.25) is 4.90 Å². The van der Waals surface area contributed by atoms with Crippen molar-refractivity contribution in [3.63, 3.8) is 0 Å². The van der Waals surface area contributed by atoms with Crippen LogP contribution in [0.2, 0.25) is 0 Å². The molecule has 4 heteroatoms. The van der Waals surface area contributed by atoms with Crippen LogP contribution in [-0.4, -0.2) is 27.8 Å². The van der Waals surface area contributed by atoms with E-state index >= 15 is 0 Å². The molecule has 0 amide bonds. The van der Waals surface area contributed by atoms with Crippen LogP contribution in [0.15, 0.2) is 48.5 Å². The first-order valence-corrected chi connectivity index (χ1v) is 7.14. The van der Waals surface area contributed by atoms with E-state index in [1.165, 1.54) is 11.1 Å². The zero-order valence-corrected chi connectivity index (χ0v) is 11.8. The molecular weight excluding hydrogens is 264 g/mol. The Kier molecular flexibility index (Phi) is 3.92. The highest BCUT2D eigenvalue weighted by Gasteiger charge is 2.30. The van der Waals surface area contributed by atoms with Crippen molar-refractivity contribution in [3.05, 3.63) is 65.2 Å². The predicted octanol–water partition coefficient (Wildman–Crippen LogP) is 1.68. The van der Waals surface area contributed by atoms with Crippen LogP contribution in [0.5, 0.6) is 0 Å². The quantitative estimate of drug-likeness (QED) is 0.747. The minimum atomic E-state index is -0.732. The Morgan fingerprint density at radius 2 is 1.57 bits per heavy atom. The van der Waals surface area contributed by atoms with Crippen LogP contribution in [-0.2, 0) is 13.1 Å². The molecule has 2 unspecified atom stereocenters. The topological polar surface area (TPSA) is 69.7 Å². The summed E-state index contributed by atoms with van der Waals surface area (Å²) in [6, 6.07) is 15.1. The number of hydrogen-bond acceptors (Lipinski definition) is 4. The minimum absolute atomic E-state index is 0.0838. The molecule has 2 aromatic carbocycles. The molecule has 0 aliphatic carbocycles. The van der Waals surface area contributed by atoms with Crippen molar-refractivity contribution in [3.8, 4) is 0 Å². The van der Waals surface area contributed by atoms with E-state index in [9.17, 15) is 10.2 Å². The molecule has 0 saturated carbocycles. The van der Waals surface area contributed by atoms with Gasteiger partial charge in [-0.05, 0) is 28.8 Å². The molecule has 0 spiro atoms. The Hall–Kier alpha value is -1.88. The average Bonchev–Trinajstić information content (AvgIpc) is 2.92. The lowest BCUT2D eigenvalue weighted by molar-refractivity contribution is 0.0123. The number of nitrogens with zero attached hydrogens (tertiary/aromatic N) is 1. The molecule has 0 aromatic heterocycles. The molecule has 3 rings (SSSR count). The second-order valence-electron chi connectivity index (χ2n) is 5.54. The summed E-state index contributed by atoms with van der Waals surface area (Å²) in [5.74, 6) is 0. The van der Waals surface area contributed by atoms with Crippen LogP contribution in [0.4, 0.5) is 5.69 Å². The van der Waals surface area contributed by atoms with E-state index in [0.717, 1.165) is 18.7 Å². The lowest BCUT2D eigenvalue weighted by atomic mass is 10.0. The number of nitrogens with two attached hydrogens (primary N) is 1. The number of anilines is 1. The number of nitrogen functional groups attached to an aromatic ring is 1. The number of aliphatic hydroxyl groups is 2. The van der Waals surface area contributed by atoms with E-state index < -0.39 is 6.10 Å². The first-order valence-electron chi connectivity index (χ1n) is 7.14. The van der Waals surface area contributed by atoms with E-state index in [2.05, 4.69) is 17.0 Å². The van der Waals surface area contributed by atoms with E-state index in [4.69, 9.17) is 5.73 Å². The Bertz CT molecular complexity index is 587. The van der Waals surface area contributed by atoms with Gasteiger partial charge in [0, 0.05) is 18.8 Å². The van der Waals surface area contributed by atoms with Crippen LogP contribution in [0.1, 0.15) is 22.8 Å². The number of rotatable bonds is 4. The first kappa shape index (κ1) is 14.1. The van der Waals surface area contributed by atoms with E-state index in [0.29, 0.717) is 5.69 Å². The second-order valence-corrected chi connectivity index (χ2v) is 5.54. The summed E-state index contributed by atoms with van der Waals surface area (Å²) < 4.78 is 0. The van der Waals surface area contributed by atoms with Crippen molar-refractivity contribution in [2.75, 3.05) is 12.3 Å². The summed E-state index contributed by atoms with van der Waals surface area (Å²) in [7, 11) is 0. The van der Waals surface area contributed by atoms with Crippen LogP contribution in [0, 0.1) is 0 Å². The summed E-state index contributed by atoms with van der Waals surface area (Å²) >= 11 is 0.